The average Bonchev–Trinajstić information content (AvgIpc) is 4.16. The summed E-state index contributed by atoms with van der Waals surface area (Å²) in [7, 11) is 0. The minimum absolute atomic E-state index is 0.626. The summed E-state index contributed by atoms with van der Waals surface area (Å²) in [4.78, 5) is 11.1. The SMILES string of the molecule is c1ccc(-c2cccc(-c3cc(-c4ccc(-c5cc(-c6ccc7ccccc7c6)nc(-c6cc(-c7ccccc7)cc7oc8cc9ccccc9cc8c67)n5)cc4)cc(-c4cc(-c5ccccc5)cc(-c5ccccc5)c4)c3)c2)cc1. The van der Waals surface area contributed by atoms with Crippen LogP contribution in [0.2, 0.25) is 0 Å². The fraction of sp³-hybridized carbons (Fsp3) is 0. The van der Waals surface area contributed by atoms with Crippen molar-refractivity contribution in [3.05, 3.63) is 303 Å². The van der Waals surface area contributed by atoms with Crippen LogP contribution < -0.4 is 0 Å². The van der Waals surface area contributed by atoms with Crippen LogP contribution in [0.5, 0.6) is 0 Å². The third kappa shape index (κ3) is 9.23. The van der Waals surface area contributed by atoms with Gasteiger partial charge >= 0.3 is 0 Å². The van der Waals surface area contributed by atoms with E-state index < -0.39 is 0 Å². The molecule has 0 bridgehead atoms. The average molecular weight is 1030 g/mol. The number of hydrogen-bond donors (Lipinski definition) is 0. The van der Waals surface area contributed by atoms with Crippen molar-refractivity contribution in [2.45, 2.75) is 0 Å². The smallest absolute Gasteiger partial charge is 0.161 e. The zero-order valence-corrected chi connectivity index (χ0v) is 44.2. The normalized spacial score (nSPS) is 11.5. The summed E-state index contributed by atoms with van der Waals surface area (Å²) < 4.78 is 6.81. The molecule has 0 N–H and O–H groups in total. The van der Waals surface area contributed by atoms with Crippen LogP contribution in [0.3, 0.4) is 0 Å². The molecule has 81 heavy (non-hydrogen) atoms. The van der Waals surface area contributed by atoms with Crippen LogP contribution in [0, 0.1) is 0 Å². The van der Waals surface area contributed by atoms with Gasteiger partial charge in [-0.1, -0.05) is 224 Å². The Morgan fingerprint density at radius 3 is 1.14 bits per heavy atom. The van der Waals surface area contributed by atoms with E-state index in [9.17, 15) is 0 Å². The predicted octanol–water partition coefficient (Wildman–Crippen LogP) is 21.4. The lowest BCUT2D eigenvalue weighted by Crippen LogP contribution is -1.97. The number of hydrogen-bond acceptors (Lipinski definition) is 3. The number of furan rings is 1. The predicted molar refractivity (Wildman–Crippen MR) is 339 cm³/mol. The molecule has 0 fully saturated rings. The van der Waals surface area contributed by atoms with Crippen LogP contribution >= 0.6 is 0 Å². The summed E-state index contributed by atoms with van der Waals surface area (Å²) in [6.45, 7) is 0. The molecule has 0 saturated carbocycles. The van der Waals surface area contributed by atoms with Gasteiger partial charge < -0.3 is 4.42 Å². The molecule has 3 heteroatoms. The maximum Gasteiger partial charge on any atom is 0.161 e. The number of aromatic nitrogens is 2. The Morgan fingerprint density at radius 2 is 0.580 bits per heavy atom. The maximum absolute atomic E-state index is 6.81. The summed E-state index contributed by atoms with van der Waals surface area (Å²) >= 11 is 0. The lowest BCUT2D eigenvalue weighted by atomic mass is 9.89. The van der Waals surface area contributed by atoms with Crippen LogP contribution in [0.1, 0.15) is 0 Å². The summed E-state index contributed by atoms with van der Waals surface area (Å²) in [6, 6.07) is 109. The Bertz CT molecular complexity index is 4780. The fourth-order valence-electron chi connectivity index (χ4n) is 11.6. The maximum atomic E-state index is 6.81. The molecule has 2 heterocycles. The van der Waals surface area contributed by atoms with Crippen molar-refractivity contribution < 1.29 is 4.42 Å². The van der Waals surface area contributed by atoms with E-state index in [1.165, 1.54) is 38.8 Å². The highest BCUT2D eigenvalue weighted by molar-refractivity contribution is 6.16. The molecule has 0 spiro atoms. The second kappa shape index (κ2) is 20.2. The van der Waals surface area contributed by atoms with E-state index in [0.29, 0.717) is 5.82 Å². The van der Waals surface area contributed by atoms with E-state index in [4.69, 9.17) is 14.4 Å². The first-order chi connectivity index (χ1) is 40.1. The molecular formula is C78H50N2O. The number of benzene rings is 13. The van der Waals surface area contributed by atoms with Gasteiger partial charge in [0.15, 0.2) is 5.82 Å². The molecule has 378 valence electrons. The second-order valence-electron chi connectivity index (χ2n) is 20.9. The quantitative estimate of drug-likeness (QED) is 0.137. The van der Waals surface area contributed by atoms with Gasteiger partial charge in [0.25, 0.3) is 0 Å². The minimum Gasteiger partial charge on any atom is -0.456 e. The molecule has 0 aliphatic heterocycles. The van der Waals surface area contributed by atoms with Gasteiger partial charge in [0, 0.05) is 27.5 Å². The van der Waals surface area contributed by atoms with Gasteiger partial charge in [-0.2, -0.15) is 0 Å². The van der Waals surface area contributed by atoms with Crippen molar-refractivity contribution in [3.63, 3.8) is 0 Å². The highest BCUT2D eigenvalue weighted by atomic mass is 16.3. The molecule has 0 radical (unpaired) electrons. The minimum atomic E-state index is 0.626. The van der Waals surface area contributed by atoms with E-state index in [2.05, 4.69) is 303 Å². The monoisotopic (exact) mass is 1030 g/mol. The summed E-state index contributed by atoms with van der Waals surface area (Å²) in [5, 5.41) is 6.62. The standard InChI is InChI=1S/C78H50N2O/c1-5-18-51(19-6-1)59-30-17-31-60(38-59)67-41-66(44-69(45-67)68-42-64(52-20-7-2-8-21-52)40-65(43-68)53-22-9-3-10-23-53)56-32-35-57(36-33-56)73-50-74(63-37-34-55-26-13-14-27-58(55)39-63)80-78(79-73)72-47-70(54-24-11-4-12-25-54)49-76-77(72)71-46-61-28-15-16-29-62(61)48-75(71)81-76/h1-50H. The van der Waals surface area contributed by atoms with Crippen LogP contribution in [0.25, 0.3) is 155 Å². The number of rotatable bonds is 10. The molecule has 0 aliphatic carbocycles. The number of nitrogens with zero attached hydrogens (tertiary/aromatic N) is 2. The first-order valence-corrected chi connectivity index (χ1v) is 27.6. The fourth-order valence-corrected chi connectivity index (χ4v) is 11.6. The Morgan fingerprint density at radius 1 is 0.210 bits per heavy atom. The van der Waals surface area contributed by atoms with Gasteiger partial charge in [-0.05, 0) is 178 Å². The molecule has 0 aliphatic rings. The van der Waals surface area contributed by atoms with Crippen LogP contribution in [-0.4, -0.2) is 9.97 Å². The lowest BCUT2D eigenvalue weighted by molar-refractivity contribution is 0.669. The van der Waals surface area contributed by atoms with Gasteiger partial charge in [0.2, 0.25) is 0 Å². The van der Waals surface area contributed by atoms with E-state index in [-0.39, 0.29) is 0 Å². The Balaban J connectivity index is 0.905. The molecule has 15 aromatic rings. The Kier molecular flexibility index (Phi) is 11.9. The summed E-state index contributed by atoms with van der Waals surface area (Å²) in [6.07, 6.45) is 0. The highest BCUT2D eigenvalue weighted by Gasteiger charge is 2.21. The van der Waals surface area contributed by atoms with Gasteiger partial charge in [-0.3, -0.25) is 0 Å². The Labute approximate surface area is 470 Å². The molecule has 2 aromatic heterocycles. The third-order valence-electron chi connectivity index (χ3n) is 15.8. The summed E-state index contributed by atoms with van der Waals surface area (Å²) in [5.41, 5.74) is 22.1. The van der Waals surface area contributed by atoms with Crippen LogP contribution in [0.4, 0.5) is 0 Å². The largest absolute Gasteiger partial charge is 0.456 e. The molecular weight excluding hydrogens is 981 g/mol. The van der Waals surface area contributed by atoms with Crippen molar-refractivity contribution in [1.82, 2.24) is 9.97 Å². The van der Waals surface area contributed by atoms with Gasteiger partial charge in [-0.25, -0.2) is 9.97 Å². The van der Waals surface area contributed by atoms with E-state index in [1.54, 1.807) is 0 Å². The van der Waals surface area contributed by atoms with Crippen molar-refractivity contribution in [3.8, 4) is 112 Å². The summed E-state index contributed by atoms with van der Waals surface area (Å²) in [5.74, 6) is 0.626. The molecule has 3 nitrogen and oxygen atoms in total. The van der Waals surface area contributed by atoms with Gasteiger partial charge in [0.1, 0.15) is 11.2 Å². The molecule has 13 aromatic carbocycles. The molecule has 0 atom stereocenters. The van der Waals surface area contributed by atoms with E-state index in [0.717, 1.165) is 111 Å². The van der Waals surface area contributed by atoms with Crippen molar-refractivity contribution in [1.29, 1.82) is 0 Å². The lowest BCUT2D eigenvalue weighted by Gasteiger charge is -2.15. The molecule has 0 amide bonds. The number of fused-ring (bicyclic) bond motifs is 5. The zero-order chi connectivity index (χ0) is 53.6. The van der Waals surface area contributed by atoms with E-state index in [1.807, 2.05) is 0 Å². The first-order valence-electron chi connectivity index (χ1n) is 27.6. The molecule has 0 saturated heterocycles. The van der Waals surface area contributed by atoms with Crippen LogP contribution in [0.15, 0.2) is 308 Å². The van der Waals surface area contributed by atoms with Gasteiger partial charge in [-0.15, -0.1) is 0 Å². The molecule has 0 unspecified atom stereocenters. The van der Waals surface area contributed by atoms with Crippen molar-refractivity contribution >= 4 is 43.5 Å². The topological polar surface area (TPSA) is 38.9 Å². The van der Waals surface area contributed by atoms with Crippen molar-refractivity contribution in [2.24, 2.45) is 0 Å². The van der Waals surface area contributed by atoms with Gasteiger partial charge in [0.05, 0.1) is 11.4 Å². The van der Waals surface area contributed by atoms with E-state index >= 15 is 0 Å². The zero-order valence-electron chi connectivity index (χ0n) is 44.2. The van der Waals surface area contributed by atoms with Crippen molar-refractivity contribution in [2.75, 3.05) is 0 Å². The highest BCUT2D eigenvalue weighted by Crippen LogP contribution is 2.43. The second-order valence-corrected chi connectivity index (χ2v) is 20.9. The van der Waals surface area contributed by atoms with Crippen LogP contribution in [-0.2, 0) is 0 Å². The Hall–Kier alpha value is -10.7. The molecule has 15 rings (SSSR count). The third-order valence-corrected chi connectivity index (χ3v) is 15.8. The first kappa shape index (κ1) is 47.5.